The molecule has 1 aliphatic heterocycles. The monoisotopic (exact) mass is 206 g/mol. The minimum absolute atomic E-state index is 0.0236. The van der Waals surface area contributed by atoms with Crippen LogP contribution in [0.4, 0.5) is 0 Å². The average Bonchev–Trinajstić information content (AvgIpc) is 2.24. The summed E-state index contributed by atoms with van der Waals surface area (Å²) in [5.41, 5.74) is 2.03. The van der Waals surface area contributed by atoms with Crippen molar-refractivity contribution in [1.29, 1.82) is 0 Å². The fourth-order valence-electron chi connectivity index (χ4n) is 1.65. The first-order valence-corrected chi connectivity index (χ1v) is 5.07. The van der Waals surface area contributed by atoms with E-state index in [1.54, 1.807) is 6.20 Å². The van der Waals surface area contributed by atoms with Gasteiger partial charge in [-0.2, -0.15) is 0 Å². The van der Waals surface area contributed by atoms with Gasteiger partial charge < -0.3 is 10.1 Å². The zero-order valence-corrected chi connectivity index (χ0v) is 8.69. The lowest BCUT2D eigenvalue weighted by molar-refractivity contribution is -0.137. The number of morpholine rings is 1. The van der Waals surface area contributed by atoms with Gasteiger partial charge in [0.1, 0.15) is 6.10 Å². The van der Waals surface area contributed by atoms with Crippen LogP contribution in [0.3, 0.4) is 0 Å². The van der Waals surface area contributed by atoms with Gasteiger partial charge in [0.25, 0.3) is 0 Å². The minimum atomic E-state index is -0.360. The Kier molecular flexibility index (Phi) is 2.97. The SMILES string of the molecule is Cc1ncccc1CC1OCCNC1=O. The van der Waals surface area contributed by atoms with E-state index in [2.05, 4.69) is 10.3 Å². The molecule has 0 bridgehead atoms. The number of amides is 1. The van der Waals surface area contributed by atoms with Crippen molar-refractivity contribution in [3.63, 3.8) is 0 Å². The zero-order chi connectivity index (χ0) is 10.7. The summed E-state index contributed by atoms with van der Waals surface area (Å²) >= 11 is 0. The molecule has 1 aromatic rings. The van der Waals surface area contributed by atoms with Crippen molar-refractivity contribution in [1.82, 2.24) is 10.3 Å². The normalized spacial score (nSPS) is 21.1. The summed E-state index contributed by atoms with van der Waals surface area (Å²) < 4.78 is 5.41. The van der Waals surface area contributed by atoms with Crippen LogP contribution in [0.15, 0.2) is 18.3 Å². The fraction of sp³-hybridized carbons (Fsp3) is 0.455. The highest BCUT2D eigenvalue weighted by atomic mass is 16.5. The number of ether oxygens (including phenoxy) is 1. The largest absolute Gasteiger partial charge is 0.366 e. The molecule has 1 fully saturated rings. The Hall–Kier alpha value is -1.42. The van der Waals surface area contributed by atoms with Crippen LogP contribution >= 0.6 is 0 Å². The van der Waals surface area contributed by atoms with Gasteiger partial charge in [0.15, 0.2) is 0 Å². The molecule has 0 saturated carbocycles. The first-order chi connectivity index (χ1) is 7.27. The van der Waals surface area contributed by atoms with E-state index in [4.69, 9.17) is 4.74 Å². The van der Waals surface area contributed by atoms with Crippen molar-refractivity contribution < 1.29 is 9.53 Å². The van der Waals surface area contributed by atoms with Crippen LogP contribution in [-0.4, -0.2) is 30.1 Å². The summed E-state index contributed by atoms with van der Waals surface area (Å²) in [5.74, 6) is -0.0236. The molecule has 1 atom stereocenters. The van der Waals surface area contributed by atoms with E-state index in [0.717, 1.165) is 11.3 Å². The number of aromatic nitrogens is 1. The predicted octanol–water partition coefficient (Wildman–Crippen LogP) is 0.448. The number of pyridine rings is 1. The lowest BCUT2D eigenvalue weighted by Crippen LogP contribution is -2.45. The maximum atomic E-state index is 11.5. The first kappa shape index (κ1) is 10.1. The lowest BCUT2D eigenvalue weighted by Gasteiger charge is -2.22. The molecular formula is C11H14N2O2. The van der Waals surface area contributed by atoms with Crippen LogP contribution < -0.4 is 5.32 Å². The zero-order valence-electron chi connectivity index (χ0n) is 8.69. The summed E-state index contributed by atoms with van der Waals surface area (Å²) in [6.07, 6.45) is 1.99. The number of rotatable bonds is 2. The number of carbonyl (C=O) groups excluding carboxylic acids is 1. The van der Waals surface area contributed by atoms with Crippen LogP contribution in [0.1, 0.15) is 11.3 Å². The van der Waals surface area contributed by atoms with Gasteiger partial charge in [-0.25, -0.2) is 0 Å². The number of aryl methyl sites for hydroxylation is 1. The molecule has 0 spiro atoms. The third-order valence-electron chi connectivity index (χ3n) is 2.53. The summed E-state index contributed by atoms with van der Waals surface area (Å²) in [4.78, 5) is 15.6. The highest BCUT2D eigenvalue weighted by Gasteiger charge is 2.23. The topological polar surface area (TPSA) is 51.2 Å². The van der Waals surface area contributed by atoms with E-state index in [-0.39, 0.29) is 12.0 Å². The van der Waals surface area contributed by atoms with E-state index in [1.807, 2.05) is 19.1 Å². The van der Waals surface area contributed by atoms with Crippen LogP contribution in [0.2, 0.25) is 0 Å². The fourth-order valence-corrected chi connectivity index (χ4v) is 1.65. The average molecular weight is 206 g/mol. The van der Waals surface area contributed by atoms with E-state index in [9.17, 15) is 4.79 Å². The Bertz CT molecular complexity index is 365. The van der Waals surface area contributed by atoms with Crippen molar-refractivity contribution >= 4 is 5.91 Å². The van der Waals surface area contributed by atoms with Crippen molar-refractivity contribution in [3.05, 3.63) is 29.6 Å². The van der Waals surface area contributed by atoms with Gasteiger partial charge in [0.05, 0.1) is 6.61 Å². The molecule has 1 aliphatic rings. The third-order valence-corrected chi connectivity index (χ3v) is 2.53. The molecule has 15 heavy (non-hydrogen) atoms. The second kappa shape index (κ2) is 4.40. The second-order valence-corrected chi connectivity index (χ2v) is 3.60. The molecule has 1 amide bonds. The maximum Gasteiger partial charge on any atom is 0.249 e. The number of nitrogens with one attached hydrogen (secondary N) is 1. The molecule has 2 heterocycles. The third kappa shape index (κ3) is 2.33. The Morgan fingerprint density at radius 2 is 2.53 bits per heavy atom. The highest BCUT2D eigenvalue weighted by Crippen LogP contribution is 2.10. The van der Waals surface area contributed by atoms with E-state index in [1.165, 1.54) is 0 Å². The molecule has 1 aromatic heterocycles. The first-order valence-electron chi connectivity index (χ1n) is 5.07. The second-order valence-electron chi connectivity index (χ2n) is 3.60. The molecular weight excluding hydrogens is 192 g/mol. The van der Waals surface area contributed by atoms with Gasteiger partial charge in [0, 0.05) is 24.9 Å². The van der Waals surface area contributed by atoms with Crippen molar-refractivity contribution in [2.24, 2.45) is 0 Å². The number of carbonyl (C=O) groups is 1. The van der Waals surface area contributed by atoms with E-state index < -0.39 is 0 Å². The van der Waals surface area contributed by atoms with Gasteiger partial charge >= 0.3 is 0 Å². The quantitative estimate of drug-likeness (QED) is 0.764. The molecule has 0 radical (unpaired) electrons. The van der Waals surface area contributed by atoms with Crippen molar-refractivity contribution in [2.45, 2.75) is 19.4 Å². The lowest BCUT2D eigenvalue weighted by atomic mass is 10.1. The summed E-state index contributed by atoms with van der Waals surface area (Å²) in [5, 5.41) is 2.79. The molecule has 1 unspecified atom stereocenters. The van der Waals surface area contributed by atoms with Crippen molar-refractivity contribution in [3.8, 4) is 0 Å². The van der Waals surface area contributed by atoms with Crippen LogP contribution in [0.5, 0.6) is 0 Å². The van der Waals surface area contributed by atoms with Gasteiger partial charge in [-0.05, 0) is 18.6 Å². The molecule has 1 N–H and O–H groups in total. The number of hydrogen-bond donors (Lipinski definition) is 1. The van der Waals surface area contributed by atoms with E-state index in [0.29, 0.717) is 19.6 Å². The Balaban J connectivity index is 2.08. The van der Waals surface area contributed by atoms with Crippen LogP contribution in [-0.2, 0) is 16.0 Å². The van der Waals surface area contributed by atoms with Crippen LogP contribution in [0, 0.1) is 6.92 Å². The van der Waals surface area contributed by atoms with E-state index >= 15 is 0 Å². The number of nitrogens with zero attached hydrogens (tertiary/aromatic N) is 1. The molecule has 0 aliphatic carbocycles. The van der Waals surface area contributed by atoms with Crippen molar-refractivity contribution in [2.75, 3.05) is 13.2 Å². The molecule has 4 nitrogen and oxygen atoms in total. The molecule has 80 valence electrons. The highest BCUT2D eigenvalue weighted by molar-refractivity contribution is 5.81. The van der Waals surface area contributed by atoms with Gasteiger partial charge in [-0.1, -0.05) is 6.07 Å². The molecule has 1 saturated heterocycles. The standard InChI is InChI=1S/C11H14N2O2/c1-8-9(3-2-4-12-8)7-10-11(14)13-5-6-15-10/h2-4,10H,5-7H2,1H3,(H,13,14). The summed E-state index contributed by atoms with van der Waals surface area (Å²) in [6, 6.07) is 3.86. The maximum absolute atomic E-state index is 11.5. The molecule has 2 rings (SSSR count). The Labute approximate surface area is 88.7 Å². The summed E-state index contributed by atoms with van der Waals surface area (Å²) in [6.45, 7) is 3.15. The van der Waals surface area contributed by atoms with Gasteiger partial charge in [0.2, 0.25) is 5.91 Å². The Morgan fingerprint density at radius 1 is 1.67 bits per heavy atom. The minimum Gasteiger partial charge on any atom is -0.366 e. The van der Waals surface area contributed by atoms with Gasteiger partial charge in [-0.3, -0.25) is 9.78 Å². The van der Waals surface area contributed by atoms with Gasteiger partial charge in [-0.15, -0.1) is 0 Å². The smallest absolute Gasteiger partial charge is 0.249 e. The molecule has 4 heteroatoms. The number of hydrogen-bond acceptors (Lipinski definition) is 3. The van der Waals surface area contributed by atoms with Crippen LogP contribution in [0.25, 0.3) is 0 Å². The summed E-state index contributed by atoms with van der Waals surface area (Å²) in [7, 11) is 0. The Morgan fingerprint density at radius 3 is 3.27 bits per heavy atom. The predicted molar refractivity (Wildman–Crippen MR) is 55.4 cm³/mol. The molecule has 0 aromatic carbocycles.